The fourth-order valence-corrected chi connectivity index (χ4v) is 2.24. The lowest BCUT2D eigenvalue weighted by Crippen LogP contribution is -2.44. The minimum Gasteiger partial charge on any atom is -0.378 e. The highest BCUT2D eigenvalue weighted by Crippen LogP contribution is 2.40. The average Bonchev–Trinajstić information content (AvgIpc) is 2.93. The van der Waals surface area contributed by atoms with Crippen molar-refractivity contribution in [3.8, 4) is 6.07 Å². The maximum Gasteiger partial charge on any atom is 0.192 e. The van der Waals surface area contributed by atoms with Gasteiger partial charge in [0.05, 0.1) is 25.0 Å². The Hall–Kier alpha value is -1.49. The zero-order valence-corrected chi connectivity index (χ0v) is 9.11. The molecule has 7 nitrogen and oxygen atoms in total. The molecule has 2 bridgehead atoms. The smallest absolute Gasteiger partial charge is 0.192 e. The molecule has 0 aliphatic carbocycles. The molecular weight excluding hydrogens is 224 g/mol. The SMILES string of the molecule is N#CCn1cc(C2(O)CC[C@H]3CO[C@@H]2O3)nn1. The van der Waals surface area contributed by atoms with E-state index in [1.165, 1.54) is 4.68 Å². The highest BCUT2D eigenvalue weighted by molar-refractivity contribution is 5.11. The number of hydrogen-bond donors (Lipinski definition) is 1. The third-order valence-electron chi connectivity index (χ3n) is 3.20. The number of fused-ring (bicyclic) bond motifs is 2. The van der Waals surface area contributed by atoms with Crippen LogP contribution in [0, 0.1) is 11.3 Å². The molecule has 2 saturated heterocycles. The van der Waals surface area contributed by atoms with Crippen molar-refractivity contribution in [3.63, 3.8) is 0 Å². The predicted octanol–water partition coefficient (Wildman–Crippen LogP) is -0.475. The topological polar surface area (TPSA) is 93.2 Å². The Kier molecular flexibility index (Phi) is 2.36. The average molecular weight is 236 g/mol. The summed E-state index contributed by atoms with van der Waals surface area (Å²) in [5.41, 5.74) is -0.848. The maximum atomic E-state index is 10.6. The Morgan fingerprint density at radius 2 is 2.59 bits per heavy atom. The summed E-state index contributed by atoms with van der Waals surface area (Å²) in [6.07, 6.45) is 2.24. The number of aromatic nitrogens is 3. The fraction of sp³-hybridized carbons (Fsp3) is 0.700. The Morgan fingerprint density at radius 1 is 1.71 bits per heavy atom. The second-order valence-electron chi connectivity index (χ2n) is 4.35. The molecule has 0 radical (unpaired) electrons. The third kappa shape index (κ3) is 1.61. The molecule has 7 heteroatoms. The molecule has 1 N–H and O–H groups in total. The number of nitrogens with zero attached hydrogens (tertiary/aromatic N) is 4. The first kappa shape index (κ1) is 10.7. The van der Waals surface area contributed by atoms with Gasteiger partial charge in [-0.05, 0) is 12.8 Å². The number of hydrogen-bond acceptors (Lipinski definition) is 6. The number of aliphatic hydroxyl groups is 1. The largest absolute Gasteiger partial charge is 0.378 e. The van der Waals surface area contributed by atoms with E-state index in [0.29, 0.717) is 18.7 Å². The zero-order chi connectivity index (χ0) is 11.9. The van der Waals surface area contributed by atoms with Crippen LogP contribution >= 0.6 is 0 Å². The maximum absolute atomic E-state index is 10.6. The van der Waals surface area contributed by atoms with Gasteiger partial charge < -0.3 is 14.6 Å². The van der Waals surface area contributed by atoms with Crippen LogP contribution in [0.3, 0.4) is 0 Å². The van der Waals surface area contributed by atoms with Crippen LogP contribution in [0.4, 0.5) is 0 Å². The molecule has 1 aromatic rings. The quantitative estimate of drug-likeness (QED) is 0.745. The van der Waals surface area contributed by atoms with Gasteiger partial charge in [0.25, 0.3) is 0 Å². The Labute approximate surface area is 97.5 Å². The first-order chi connectivity index (χ1) is 8.22. The van der Waals surface area contributed by atoms with Crippen molar-refractivity contribution >= 4 is 0 Å². The summed E-state index contributed by atoms with van der Waals surface area (Å²) in [6.45, 7) is 0.622. The van der Waals surface area contributed by atoms with E-state index in [0.717, 1.165) is 6.42 Å². The molecule has 0 aromatic carbocycles. The van der Waals surface area contributed by atoms with Gasteiger partial charge in [-0.15, -0.1) is 5.10 Å². The lowest BCUT2D eigenvalue weighted by atomic mass is 9.90. The predicted molar refractivity (Wildman–Crippen MR) is 53.4 cm³/mol. The van der Waals surface area contributed by atoms with Gasteiger partial charge in [-0.2, -0.15) is 5.26 Å². The lowest BCUT2D eigenvalue weighted by Gasteiger charge is -2.34. The molecule has 2 fully saturated rings. The van der Waals surface area contributed by atoms with Crippen LogP contribution < -0.4 is 0 Å². The molecule has 2 aliphatic rings. The van der Waals surface area contributed by atoms with Crippen LogP contribution in [0.2, 0.25) is 0 Å². The molecule has 3 heterocycles. The van der Waals surface area contributed by atoms with Gasteiger partial charge in [0, 0.05) is 0 Å². The minimum absolute atomic E-state index is 0.0782. The van der Waals surface area contributed by atoms with Crippen LogP contribution in [0.15, 0.2) is 6.20 Å². The summed E-state index contributed by atoms with van der Waals surface area (Å²) in [4.78, 5) is 0. The van der Waals surface area contributed by atoms with Crippen molar-refractivity contribution in [1.82, 2.24) is 15.0 Å². The van der Waals surface area contributed by atoms with E-state index in [1.54, 1.807) is 6.20 Å². The van der Waals surface area contributed by atoms with Gasteiger partial charge >= 0.3 is 0 Å². The van der Waals surface area contributed by atoms with Crippen LogP contribution in [0.5, 0.6) is 0 Å². The normalized spacial score (nSPS) is 35.8. The summed E-state index contributed by atoms with van der Waals surface area (Å²) < 4.78 is 12.3. The molecule has 0 spiro atoms. The summed E-state index contributed by atoms with van der Waals surface area (Å²) in [5, 5.41) is 26.8. The monoisotopic (exact) mass is 236 g/mol. The molecule has 3 atom stereocenters. The standard InChI is InChI=1S/C10H12N4O3/c11-3-4-14-5-8(12-13-14)10(15)2-1-7-6-16-9(10)17-7/h5,7,9,15H,1-2,4,6H2/t7-,9+,10?/m0/s1. The summed E-state index contributed by atoms with van der Waals surface area (Å²) >= 11 is 0. The van der Waals surface area contributed by atoms with Crippen LogP contribution in [-0.2, 0) is 21.6 Å². The molecule has 1 aromatic heterocycles. The fourth-order valence-electron chi connectivity index (χ4n) is 2.24. The van der Waals surface area contributed by atoms with Gasteiger partial charge in [-0.1, -0.05) is 5.21 Å². The zero-order valence-electron chi connectivity index (χ0n) is 9.11. The first-order valence-corrected chi connectivity index (χ1v) is 5.49. The number of nitriles is 1. The Balaban J connectivity index is 1.88. The van der Waals surface area contributed by atoms with Gasteiger partial charge in [0.15, 0.2) is 11.9 Å². The van der Waals surface area contributed by atoms with E-state index in [4.69, 9.17) is 14.7 Å². The van der Waals surface area contributed by atoms with E-state index in [-0.39, 0.29) is 12.6 Å². The van der Waals surface area contributed by atoms with Crippen molar-refractivity contribution in [2.75, 3.05) is 6.61 Å². The molecule has 0 amide bonds. The van der Waals surface area contributed by atoms with E-state index in [2.05, 4.69) is 10.3 Å². The highest BCUT2D eigenvalue weighted by atomic mass is 16.7. The van der Waals surface area contributed by atoms with Crippen LogP contribution in [0.25, 0.3) is 0 Å². The van der Waals surface area contributed by atoms with Crippen LogP contribution in [0.1, 0.15) is 18.5 Å². The summed E-state index contributed by atoms with van der Waals surface area (Å²) in [6, 6.07) is 1.96. The second-order valence-corrected chi connectivity index (χ2v) is 4.35. The third-order valence-corrected chi connectivity index (χ3v) is 3.20. The summed E-state index contributed by atoms with van der Waals surface area (Å²) in [7, 11) is 0. The molecule has 1 unspecified atom stereocenters. The van der Waals surface area contributed by atoms with E-state index >= 15 is 0 Å². The van der Waals surface area contributed by atoms with Crippen LogP contribution in [-0.4, -0.2) is 39.1 Å². The van der Waals surface area contributed by atoms with Gasteiger partial charge in [0.2, 0.25) is 0 Å². The number of rotatable bonds is 2. The molecule has 90 valence electrons. The molecule has 0 saturated carbocycles. The highest BCUT2D eigenvalue weighted by Gasteiger charge is 2.51. The summed E-state index contributed by atoms with van der Waals surface area (Å²) in [5.74, 6) is 0. The molecule has 3 rings (SSSR count). The molecular formula is C10H12N4O3. The van der Waals surface area contributed by atoms with Crippen molar-refractivity contribution in [1.29, 1.82) is 5.26 Å². The van der Waals surface area contributed by atoms with E-state index < -0.39 is 11.9 Å². The van der Waals surface area contributed by atoms with E-state index in [9.17, 15) is 5.11 Å². The molecule has 17 heavy (non-hydrogen) atoms. The van der Waals surface area contributed by atoms with Gasteiger partial charge in [0.1, 0.15) is 12.2 Å². The Morgan fingerprint density at radius 3 is 3.41 bits per heavy atom. The van der Waals surface area contributed by atoms with Gasteiger partial charge in [-0.25, -0.2) is 4.68 Å². The van der Waals surface area contributed by atoms with Crippen molar-refractivity contribution in [3.05, 3.63) is 11.9 Å². The lowest BCUT2D eigenvalue weighted by molar-refractivity contribution is -0.219. The van der Waals surface area contributed by atoms with Crippen molar-refractivity contribution in [2.24, 2.45) is 0 Å². The number of ether oxygens (including phenoxy) is 2. The van der Waals surface area contributed by atoms with Crippen molar-refractivity contribution < 1.29 is 14.6 Å². The van der Waals surface area contributed by atoms with E-state index in [1.807, 2.05) is 6.07 Å². The minimum atomic E-state index is -1.25. The first-order valence-electron chi connectivity index (χ1n) is 5.49. The Bertz CT molecular complexity index is 468. The van der Waals surface area contributed by atoms with Gasteiger partial charge in [-0.3, -0.25) is 0 Å². The van der Waals surface area contributed by atoms with Crippen molar-refractivity contribution in [2.45, 2.75) is 37.4 Å². The second kappa shape index (κ2) is 3.77. The molecule has 2 aliphatic heterocycles.